The van der Waals surface area contributed by atoms with Gasteiger partial charge in [0.15, 0.2) is 0 Å². The molecule has 1 aromatic heterocycles. The molecule has 1 aromatic rings. The molecule has 0 atom stereocenters. The Kier molecular flexibility index (Phi) is 5.14. The van der Waals surface area contributed by atoms with E-state index in [1.165, 1.54) is 12.8 Å². The van der Waals surface area contributed by atoms with Gasteiger partial charge in [0, 0.05) is 13.1 Å². The Bertz CT molecular complexity index is 534. The first-order valence-corrected chi connectivity index (χ1v) is 8.49. The van der Waals surface area contributed by atoms with Gasteiger partial charge in [0.25, 0.3) is 0 Å². The molecule has 2 rings (SSSR count). The molecule has 0 bridgehead atoms. The standard InChI is InChI=1S/C12H23N5O2S/c1-10-12(11(9-13)16-15-10)20(18,19)14-5-4-8-17-6-2-3-7-17/h14H,2-9,13H2,1H3,(H,15,16). The van der Waals surface area contributed by atoms with Gasteiger partial charge in [-0.25, -0.2) is 13.1 Å². The molecule has 7 nitrogen and oxygen atoms in total. The van der Waals surface area contributed by atoms with Crippen molar-refractivity contribution in [2.45, 2.75) is 37.6 Å². The second-order valence-electron chi connectivity index (χ2n) is 5.13. The largest absolute Gasteiger partial charge is 0.325 e. The molecule has 0 amide bonds. The third-order valence-electron chi connectivity index (χ3n) is 3.57. The lowest BCUT2D eigenvalue weighted by Gasteiger charge is -2.14. The highest BCUT2D eigenvalue weighted by atomic mass is 32.2. The number of hydrogen-bond acceptors (Lipinski definition) is 5. The summed E-state index contributed by atoms with van der Waals surface area (Å²) in [5.41, 5.74) is 6.43. The van der Waals surface area contributed by atoms with E-state index in [4.69, 9.17) is 5.73 Å². The molecule has 2 heterocycles. The molecule has 1 saturated heterocycles. The molecule has 1 aliphatic heterocycles. The molecule has 0 spiro atoms. The molecule has 1 aliphatic rings. The van der Waals surface area contributed by atoms with Crippen molar-refractivity contribution < 1.29 is 8.42 Å². The maximum Gasteiger partial charge on any atom is 0.244 e. The van der Waals surface area contributed by atoms with Crippen LogP contribution in [0, 0.1) is 6.92 Å². The lowest BCUT2D eigenvalue weighted by molar-refractivity contribution is 0.334. The van der Waals surface area contributed by atoms with E-state index in [1.807, 2.05) is 0 Å². The molecular formula is C12H23N5O2S. The Morgan fingerprint density at radius 2 is 2.10 bits per heavy atom. The molecular weight excluding hydrogens is 278 g/mol. The average Bonchev–Trinajstić information content (AvgIpc) is 3.03. The Hall–Kier alpha value is -0.960. The van der Waals surface area contributed by atoms with Crippen molar-refractivity contribution in [2.24, 2.45) is 5.73 Å². The van der Waals surface area contributed by atoms with Crippen LogP contribution in [0.15, 0.2) is 4.90 Å². The predicted molar refractivity (Wildman–Crippen MR) is 76.7 cm³/mol. The van der Waals surface area contributed by atoms with Gasteiger partial charge in [-0.15, -0.1) is 0 Å². The molecule has 8 heteroatoms. The van der Waals surface area contributed by atoms with Crippen LogP contribution in [0.4, 0.5) is 0 Å². The minimum absolute atomic E-state index is 0.106. The number of sulfonamides is 1. The van der Waals surface area contributed by atoms with Crippen LogP contribution >= 0.6 is 0 Å². The van der Waals surface area contributed by atoms with E-state index in [1.54, 1.807) is 6.92 Å². The number of nitrogens with one attached hydrogen (secondary N) is 2. The fourth-order valence-electron chi connectivity index (χ4n) is 2.55. The molecule has 4 N–H and O–H groups in total. The van der Waals surface area contributed by atoms with Gasteiger partial charge in [-0.05, 0) is 45.8 Å². The van der Waals surface area contributed by atoms with Crippen molar-refractivity contribution in [1.82, 2.24) is 19.8 Å². The summed E-state index contributed by atoms with van der Waals surface area (Å²) in [5.74, 6) is 0. The van der Waals surface area contributed by atoms with Crippen molar-refractivity contribution in [2.75, 3.05) is 26.2 Å². The number of H-pyrrole nitrogens is 1. The lowest BCUT2D eigenvalue weighted by Crippen LogP contribution is -2.29. The zero-order valence-corrected chi connectivity index (χ0v) is 12.7. The third-order valence-corrected chi connectivity index (χ3v) is 5.23. The zero-order chi connectivity index (χ0) is 14.6. The van der Waals surface area contributed by atoms with Crippen molar-refractivity contribution in [3.05, 3.63) is 11.4 Å². The summed E-state index contributed by atoms with van der Waals surface area (Å²) in [5, 5.41) is 6.59. The van der Waals surface area contributed by atoms with E-state index in [9.17, 15) is 8.42 Å². The summed E-state index contributed by atoms with van der Waals surface area (Å²) in [4.78, 5) is 2.56. The highest BCUT2D eigenvalue weighted by molar-refractivity contribution is 7.89. The van der Waals surface area contributed by atoms with Crippen LogP contribution < -0.4 is 10.5 Å². The van der Waals surface area contributed by atoms with Crippen molar-refractivity contribution >= 4 is 10.0 Å². The highest BCUT2D eigenvalue weighted by Crippen LogP contribution is 2.16. The highest BCUT2D eigenvalue weighted by Gasteiger charge is 2.23. The van der Waals surface area contributed by atoms with Crippen molar-refractivity contribution in [1.29, 1.82) is 0 Å². The smallest absolute Gasteiger partial charge is 0.244 e. The van der Waals surface area contributed by atoms with E-state index in [0.717, 1.165) is 26.1 Å². The van der Waals surface area contributed by atoms with Crippen LogP contribution in [0.25, 0.3) is 0 Å². The predicted octanol–water partition coefficient (Wildman–Crippen LogP) is -0.0590. The van der Waals surface area contributed by atoms with Crippen LogP contribution in [0.2, 0.25) is 0 Å². The summed E-state index contributed by atoms with van der Waals surface area (Å²) < 4.78 is 27.1. The van der Waals surface area contributed by atoms with Crippen molar-refractivity contribution in [3.63, 3.8) is 0 Å². The van der Waals surface area contributed by atoms with Gasteiger partial charge < -0.3 is 10.6 Å². The number of rotatable bonds is 7. The number of aromatic amines is 1. The number of nitrogens with two attached hydrogens (primary N) is 1. The fraction of sp³-hybridized carbons (Fsp3) is 0.750. The normalized spacial score (nSPS) is 16.9. The van der Waals surface area contributed by atoms with Gasteiger partial charge >= 0.3 is 0 Å². The van der Waals surface area contributed by atoms with E-state index in [0.29, 0.717) is 17.9 Å². The zero-order valence-electron chi connectivity index (χ0n) is 11.9. The molecule has 0 saturated carbocycles. The van der Waals surface area contributed by atoms with Crippen LogP contribution in [0.1, 0.15) is 30.7 Å². The van der Waals surface area contributed by atoms with Gasteiger partial charge in [0.05, 0.1) is 11.4 Å². The lowest BCUT2D eigenvalue weighted by atomic mass is 10.4. The topological polar surface area (TPSA) is 104 Å². The third kappa shape index (κ3) is 3.57. The Labute approximate surface area is 120 Å². The fourth-order valence-corrected chi connectivity index (χ4v) is 4.00. The quantitative estimate of drug-likeness (QED) is 0.612. The van der Waals surface area contributed by atoms with Crippen LogP contribution in [-0.2, 0) is 16.6 Å². The molecule has 0 aromatic carbocycles. The van der Waals surface area contributed by atoms with Gasteiger partial charge in [0.1, 0.15) is 4.90 Å². The van der Waals surface area contributed by atoms with Gasteiger partial charge in [0.2, 0.25) is 10.0 Å². The van der Waals surface area contributed by atoms with Gasteiger partial charge in [-0.2, -0.15) is 5.10 Å². The molecule has 20 heavy (non-hydrogen) atoms. The first-order chi connectivity index (χ1) is 9.54. The second kappa shape index (κ2) is 6.66. The number of aromatic nitrogens is 2. The molecule has 0 unspecified atom stereocenters. The van der Waals surface area contributed by atoms with Crippen LogP contribution in [-0.4, -0.2) is 49.7 Å². The first-order valence-electron chi connectivity index (χ1n) is 7.00. The molecule has 0 aliphatic carbocycles. The van der Waals surface area contributed by atoms with Crippen molar-refractivity contribution in [3.8, 4) is 0 Å². The van der Waals surface area contributed by atoms with Gasteiger partial charge in [-0.1, -0.05) is 0 Å². The van der Waals surface area contributed by atoms with Gasteiger partial charge in [-0.3, -0.25) is 5.10 Å². The maximum absolute atomic E-state index is 12.2. The molecule has 0 radical (unpaired) electrons. The summed E-state index contributed by atoms with van der Waals surface area (Å²) >= 11 is 0. The van der Waals surface area contributed by atoms with Crippen LogP contribution in [0.5, 0.6) is 0 Å². The van der Waals surface area contributed by atoms with E-state index >= 15 is 0 Å². The van der Waals surface area contributed by atoms with E-state index in [2.05, 4.69) is 19.8 Å². The summed E-state index contributed by atoms with van der Waals surface area (Å²) in [6.07, 6.45) is 3.31. The minimum Gasteiger partial charge on any atom is -0.325 e. The Morgan fingerprint density at radius 3 is 2.75 bits per heavy atom. The Balaban J connectivity index is 1.88. The van der Waals surface area contributed by atoms with E-state index in [-0.39, 0.29) is 11.4 Å². The van der Waals surface area contributed by atoms with E-state index < -0.39 is 10.0 Å². The second-order valence-corrected chi connectivity index (χ2v) is 6.83. The average molecular weight is 301 g/mol. The molecule has 114 valence electrons. The van der Waals surface area contributed by atoms with Crippen LogP contribution in [0.3, 0.4) is 0 Å². The number of aryl methyl sites for hydroxylation is 1. The number of hydrogen-bond donors (Lipinski definition) is 3. The summed E-state index contributed by atoms with van der Waals surface area (Å²) in [7, 11) is -3.53. The SMILES string of the molecule is Cc1[nH]nc(CN)c1S(=O)(=O)NCCCN1CCCC1. The minimum atomic E-state index is -3.53. The first kappa shape index (κ1) is 15.4. The number of nitrogens with zero attached hydrogens (tertiary/aromatic N) is 2. The summed E-state index contributed by atoms with van der Waals surface area (Å²) in [6.45, 7) is 5.43. The summed E-state index contributed by atoms with van der Waals surface area (Å²) in [6, 6.07) is 0. The number of likely N-dealkylation sites (tertiary alicyclic amines) is 1. The maximum atomic E-state index is 12.2. The molecule has 1 fully saturated rings. The monoisotopic (exact) mass is 301 g/mol. The Morgan fingerprint density at radius 1 is 1.40 bits per heavy atom.